The van der Waals surface area contributed by atoms with Gasteiger partial charge in [-0.25, -0.2) is 10.2 Å². The molecule has 82 valence electrons. The number of nitrogens with one attached hydrogen (secondary N) is 2. The van der Waals surface area contributed by atoms with Crippen LogP contribution in [-0.4, -0.2) is 19.2 Å². The summed E-state index contributed by atoms with van der Waals surface area (Å²) in [4.78, 5) is 10.9. The van der Waals surface area contributed by atoms with Gasteiger partial charge in [0.05, 0.1) is 6.61 Å². The van der Waals surface area contributed by atoms with Gasteiger partial charge in [-0.2, -0.15) is 0 Å². The molecule has 1 amide bonds. The van der Waals surface area contributed by atoms with E-state index in [1.807, 2.05) is 30.3 Å². The molecule has 0 aliphatic rings. The molecule has 0 atom stereocenters. The largest absolute Gasteiger partial charge is 0.449 e. The number of ether oxygens (including phenoxy) is 1. The van der Waals surface area contributed by atoms with Crippen molar-refractivity contribution in [3.63, 3.8) is 0 Å². The molecule has 4 heteroatoms. The fourth-order valence-electron chi connectivity index (χ4n) is 1.15. The molecule has 0 spiro atoms. The van der Waals surface area contributed by atoms with Crippen LogP contribution in [0.3, 0.4) is 0 Å². The third kappa shape index (κ3) is 5.02. The molecule has 0 unspecified atom stereocenters. The van der Waals surface area contributed by atoms with Crippen LogP contribution in [0.25, 0.3) is 0 Å². The van der Waals surface area contributed by atoms with E-state index in [0.717, 1.165) is 6.42 Å². The first-order valence-electron chi connectivity index (χ1n) is 5.02. The van der Waals surface area contributed by atoms with Crippen molar-refractivity contribution in [2.75, 3.05) is 13.2 Å². The van der Waals surface area contributed by atoms with E-state index < -0.39 is 6.09 Å². The van der Waals surface area contributed by atoms with Crippen LogP contribution in [-0.2, 0) is 11.2 Å². The lowest BCUT2D eigenvalue weighted by atomic mass is 10.2. The molecule has 1 aromatic rings. The van der Waals surface area contributed by atoms with E-state index in [4.69, 9.17) is 0 Å². The Balaban J connectivity index is 2.10. The minimum absolute atomic E-state index is 0.381. The first-order valence-corrected chi connectivity index (χ1v) is 5.02. The van der Waals surface area contributed by atoms with Crippen molar-refractivity contribution in [2.24, 2.45) is 0 Å². The maximum Gasteiger partial charge on any atom is 0.421 e. The number of hydrazine groups is 1. The Morgan fingerprint density at radius 1 is 1.33 bits per heavy atom. The van der Waals surface area contributed by atoms with E-state index in [0.29, 0.717) is 13.2 Å². The summed E-state index contributed by atoms with van der Waals surface area (Å²) in [6, 6.07) is 10.1. The highest BCUT2D eigenvalue weighted by atomic mass is 16.5. The Kier molecular flexibility index (Phi) is 5.25. The Morgan fingerprint density at radius 3 is 2.73 bits per heavy atom. The lowest BCUT2D eigenvalue weighted by Crippen LogP contribution is -2.38. The molecule has 2 N–H and O–H groups in total. The lowest BCUT2D eigenvalue weighted by molar-refractivity contribution is 0.147. The Morgan fingerprint density at radius 2 is 2.07 bits per heavy atom. The van der Waals surface area contributed by atoms with Crippen LogP contribution < -0.4 is 10.9 Å². The second-order valence-electron chi connectivity index (χ2n) is 3.01. The monoisotopic (exact) mass is 208 g/mol. The van der Waals surface area contributed by atoms with Crippen molar-refractivity contribution in [1.82, 2.24) is 10.9 Å². The van der Waals surface area contributed by atoms with E-state index in [1.165, 1.54) is 5.56 Å². The zero-order valence-corrected chi connectivity index (χ0v) is 8.82. The molecule has 0 aliphatic heterocycles. The highest BCUT2D eigenvalue weighted by molar-refractivity contribution is 5.66. The quantitative estimate of drug-likeness (QED) is 0.569. The summed E-state index contributed by atoms with van der Waals surface area (Å²) in [7, 11) is 0. The van der Waals surface area contributed by atoms with Gasteiger partial charge in [0.25, 0.3) is 0 Å². The predicted octanol–water partition coefficient (Wildman–Crippen LogP) is 1.48. The Bertz CT molecular complexity index is 288. The van der Waals surface area contributed by atoms with Gasteiger partial charge in [0.1, 0.15) is 0 Å². The van der Waals surface area contributed by atoms with E-state index in [9.17, 15) is 4.79 Å². The van der Waals surface area contributed by atoms with Crippen LogP contribution >= 0.6 is 0 Å². The predicted molar refractivity (Wildman–Crippen MR) is 58.3 cm³/mol. The van der Waals surface area contributed by atoms with E-state index in [-0.39, 0.29) is 0 Å². The summed E-state index contributed by atoms with van der Waals surface area (Å²) in [5, 5.41) is 0. The van der Waals surface area contributed by atoms with Crippen molar-refractivity contribution >= 4 is 6.09 Å². The molecular formula is C11H16N2O2. The summed E-state index contributed by atoms with van der Waals surface area (Å²) in [6.07, 6.45) is 0.429. The summed E-state index contributed by atoms with van der Waals surface area (Å²) in [6.45, 7) is 2.83. The van der Waals surface area contributed by atoms with Gasteiger partial charge in [-0.05, 0) is 18.9 Å². The fourth-order valence-corrected chi connectivity index (χ4v) is 1.15. The normalized spacial score (nSPS) is 9.67. The molecule has 0 saturated carbocycles. The second-order valence-corrected chi connectivity index (χ2v) is 3.01. The van der Waals surface area contributed by atoms with Crippen molar-refractivity contribution in [3.05, 3.63) is 35.9 Å². The number of rotatable bonds is 5. The first kappa shape index (κ1) is 11.5. The van der Waals surface area contributed by atoms with Crippen molar-refractivity contribution in [3.8, 4) is 0 Å². The third-order valence-electron chi connectivity index (χ3n) is 1.85. The van der Waals surface area contributed by atoms with Gasteiger partial charge < -0.3 is 4.74 Å². The average molecular weight is 208 g/mol. The summed E-state index contributed by atoms with van der Waals surface area (Å²) in [5.41, 5.74) is 6.47. The molecule has 0 fully saturated rings. The van der Waals surface area contributed by atoms with Crippen molar-refractivity contribution in [2.45, 2.75) is 13.3 Å². The molecule has 1 aromatic carbocycles. The lowest BCUT2D eigenvalue weighted by Gasteiger charge is -2.06. The number of hydrogen-bond donors (Lipinski definition) is 2. The van der Waals surface area contributed by atoms with Crippen LogP contribution in [0.5, 0.6) is 0 Å². The van der Waals surface area contributed by atoms with Gasteiger partial charge >= 0.3 is 6.09 Å². The van der Waals surface area contributed by atoms with Crippen LogP contribution in [0.15, 0.2) is 30.3 Å². The SMILES string of the molecule is CCOC(=O)NNCCc1ccccc1. The number of benzene rings is 1. The van der Waals surface area contributed by atoms with E-state index in [2.05, 4.69) is 15.6 Å². The molecule has 0 aliphatic carbocycles. The molecule has 4 nitrogen and oxygen atoms in total. The second kappa shape index (κ2) is 6.84. The molecule has 1 rings (SSSR count). The molecule has 15 heavy (non-hydrogen) atoms. The van der Waals surface area contributed by atoms with Crippen LogP contribution in [0.2, 0.25) is 0 Å². The van der Waals surface area contributed by atoms with Gasteiger partial charge in [-0.15, -0.1) is 0 Å². The van der Waals surface area contributed by atoms with Crippen molar-refractivity contribution < 1.29 is 9.53 Å². The van der Waals surface area contributed by atoms with Gasteiger partial charge in [0.15, 0.2) is 0 Å². The van der Waals surface area contributed by atoms with Crippen LogP contribution in [0.1, 0.15) is 12.5 Å². The molecule has 0 bridgehead atoms. The smallest absolute Gasteiger partial charge is 0.421 e. The highest BCUT2D eigenvalue weighted by Crippen LogP contribution is 1.97. The molecule has 0 heterocycles. The molecular weight excluding hydrogens is 192 g/mol. The summed E-state index contributed by atoms with van der Waals surface area (Å²) >= 11 is 0. The summed E-state index contributed by atoms with van der Waals surface area (Å²) < 4.78 is 4.68. The standard InChI is InChI=1S/C11H16N2O2/c1-2-15-11(14)13-12-9-8-10-6-4-3-5-7-10/h3-7,12H,2,8-9H2,1H3,(H,13,14). The third-order valence-corrected chi connectivity index (χ3v) is 1.85. The number of carbonyl (C=O) groups excluding carboxylic acids is 1. The highest BCUT2D eigenvalue weighted by Gasteiger charge is 1.97. The maximum atomic E-state index is 10.9. The topological polar surface area (TPSA) is 50.4 Å². The van der Waals surface area contributed by atoms with E-state index in [1.54, 1.807) is 6.92 Å². The van der Waals surface area contributed by atoms with E-state index >= 15 is 0 Å². The molecule has 0 radical (unpaired) electrons. The minimum Gasteiger partial charge on any atom is -0.449 e. The zero-order chi connectivity index (χ0) is 10.9. The van der Waals surface area contributed by atoms with Gasteiger partial charge in [0, 0.05) is 6.54 Å². The fraction of sp³-hybridized carbons (Fsp3) is 0.364. The minimum atomic E-state index is -0.439. The number of hydrogen-bond acceptors (Lipinski definition) is 3. The van der Waals surface area contributed by atoms with Crippen molar-refractivity contribution in [1.29, 1.82) is 0 Å². The number of carbonyl (C=O) groups is 1. The molecule has 0 aromatic heterocycles. The first-order chi connectivity index (χ1) is 7.33. The number of amides is 1. The Labute approximate surface area is 89.6 Å². The summed E-state index contributed by atoms with van der Waals surface area (Å²) in [5.74, 6) is 0. The van der Waals surface area contributed by atoms with Gasteiger partial charge in [0.2, 0.25) is 0 Å². The Hall–Kier alpha value is -1.55. The van der Waals surface area contributed by atoms with Crippen LogP contribution in [0.4, 0.5) is 4.79 Å². The maximum absolute atomic E-state index is 10.9. The zero-order valence-electron chi connectivity index (χ0n) is 8.82. The average Bonchev–Trinajstić information content (AvgIpc) is 2.26. The van der Waals surface area contributed by atoms with Crippen LogP contribution in [0, 0.1) is 0 Å². The van der Waals surface area contributed by atoms with Gasteiger partial charge in [-0.1, -0.05) is 30.3 Å². The van der Waals surface area contributed by atoms with Gasteiger partial charge in [-0.3, -0.25) is 5.43 Å². The molecule has 0 saturated heterocycles.